The minimum Gasteiger partial charge on any atom is -0.447 e. The van der Waals surface area contributed by atoms with E-state index in [1.807, 2.05) is 30.3 Å². The summed E-state index contributed by atoms with van der Waals surface area (Å²) >= 11 is 11.9. The zero-order valence-corrected chi connectivity index (χ0v) is 14.3. The Labute approximate surface area is 149 Å². The van der Waals surface area contributed by atoms with Crippen LogP contribution in [0, 0.1) is 0 Å². The molecule has 6 heteroatoms. The van der Waals surface area contributed by atoms with Crippen molar-refractivity contribution >= 4 is 35.2 Å². The number of imide groups is 1. The number of hydrogen-bond acceptors (Lipinski definition) is 3. The molecular formula is C18H15Cl2NO3. The Hall–Kier alpha value is -2.04. The standard InChI is InChI=1S/C18H15Cl2NO3/c19-15-7-6-13(9-16(15)20)10-17(22)21-14(11-24-18(21)23)8-12-4-2-1-3-5-12/h1-7,9,14H,8,10-11H2. The lowest BCUT2D eigenvalue weighted by atomic mass is 10.0. The number of hydrogen-bond donors (Lipinski definition) is 0. The first-order valence-corrected chi connectivity index (χ1v) is 8.27. The van der Waals surface area contributed by atoms with Gasteiger partial charge in [-0.1, -0.05) is 59.6 Å². The first-order chi connectivity index (χ1) is 11.5. The van der Waals surface area contributed by atoms with Crippen LogP contribution in [0.25, 0.3) is 0 Å². The summed E-state index contributed by atoms with van der Waals surface area (Å²) in [6.45, 7) is 0.209. The molecule has 1 unspecified atom stereocenters. The molecule has 1 fully saturated rings. The lowest BCUT2D eigenvalue weighted by molar-refractivity contribution is -0.128. The fourth-order valence-corrected chi connectivity index (χ4v) is 3.03. The molecule has 0 bridgehead atoms. The number of halogens is 2. The van der Waals surface area contributed by atoms with Gasteiger partial charge in [0.05, 0.1) is 22.5 Å². The molecule has 2 aromatic carbocycles. The largest absolute Gasteiger partial charge is 0.447 e. The predicted octanol–water partition coefficient (Wildman–Crippen LogP) is 4.13. The maximum Gasteiger partial charge on any atom is 0.416 e. The fourth-order valence-electron chi connectivity index (χ4n) is 2.71. The van der Waals surface area contributed by atoms with Crippen LogP contribution in [0.5, 0.6) is 0 Å². The molecular weight excluding hydrogens is 349 g/mol. The Morgan fingerprint density at radius 2 is 1.83 bits per heavy atom. The molecule has 1 heterocycles. The van der Waals surface area contributed by atoms with Crippen molar-refractivity contribution in [2.45, 2.75) is 18.9 Å². The SMILES string of the molecule is O=C(Cc1ccc(Cl)c(Cl)c1)N1C(=O)OCC1Cc1ccccc1. The van der Waals surface area contributed by atoms with Gasteiger partial charge in [0.25, 0.3) is 0 Å². The molecule has 0 aliphatic carbocycles. The van der Waals surface area contributed by atoms with Gasteiger partial charge in [-0.3, -0.25) is 4.79 Å². The lowest BCUT2D eigenvalue weighted by Gasteiger charge is -2.19. The summed E-state index contributed by atoms with van der Waals surface area (Å²) in [4.78, 5) is 25.7. The van der Waals surface area contributed by atoms with Crippen LogP contribution in [0.2, 0.25) is 10.0 Å². The Kier molecular flexibility index (Phi) is 5.07. The topological polar surface area (TPSA) is 46.6 Å². The van der Waals surface area contributed by atoms with E-state index in [9.17, 15) is 9.59 Å². The van der Waals surface area contributed by atoms with Crippen LogP contribution in [0.4, 0.5) is 4.79 Å². The van der Waals surface area contributed by atoms with Gasteiger partial charge in [-0.2, -0.15) is 0 Å². The van der Waals surface area contributed by atoms with Crippen LogP contribution in [0.3, 0.4) is 0 Å². The fraction of sp³-hybridized carbons (Fsp3) is 0.222. The second-order valence-electron chi connectivity index (χ2n) is 5.61. The highest BCUT2D eigenvalue weighted by atomic mass is 35.5. The van der Waals surface area contributed by atoms with Gasteiger partial charge in [0.15, 0.2) is 0 Å². The molecule has 1 aliphatic rings. The first-order valence-electron chi connectivity index (χ1n) is 7.51. The summed E-state index contributed by atoms with van der Waals surface area (Å²) in [6, 6.07) is 14.4. The van der Waals surface area contributed by atoms with Gasteiger partial charge in [-0.25, -0.2) is 9.69 Å². The van der Waals surface area contributed by atoms with Gasteiger partial charge in [0, 0.05) is 0 Å². The van der Waals surface area contributed by atoms with Crippen molar-refractivity contribution < 1.29 is 14.3 Å². The molecule has 3 rings (SSSR count). The Morgan fingerprint density at radius 3 is 2.54 bits per heavy atom. The molecule has 0 radical (unpaired) electrons. The van der Waals surface area contributed by atoms with Crippen molar-refractivity contribution in [3.8, 4) is 0 Å². The summed E-state index contributed by atoms with van der Waals surface area (Å²) in [5.41, 5.74) is 1.75. The number of carbonyl (C=O) groups excluding carboxylic acids is 2. The van der Waals surface area contributed by atoms with Crippen molar-refractivity contribution in [3.63, 3.8) is 0 Å². The van der Waals surface area contributed by atoms with E-state index >= 15 is 0 Å². The van der Waals surface area contributed by atoms with E-state index in [0.717, 1.165) is 5.56 Å². The summed E-state index contributed by atoms with van der Waals surface area (Å²) in [5, 5.41) is 0.808. The van der Waals surface area contributed by atoms with Gasteiger partial charge in [-0.15, -0.1) is 0 Å². The molecule has 1 saturated heterocycles. The Balaban J connectivity index is 1.73. The van der Waals surface area contributed by atoms with E-state index in [1.165, 1.54) is 4.90 Å². The molecule has 24 heavy (non-hydrogen) atoms. The zero-order valence-electron chi connectivity index (χ0n) is 12.7. The second-order valence-corrected chi connectivity index (χ2v) is 6.42. The molecule has 1 atom stereocenters. The van der Waals surface area contributed by atoms with E-state index in [1.54, 1.807) is 18.2 Å². The minimum atomic E-state index is -0.596. The third-order valence-electron chi connectivity index (χ3n) is 3.88. The number of ether oxygens (including phenoxy) is 1. The quantitative estimate of drug-likeness (QED) is 0.820. The molecule has 0 spiro atoms. The minimum absolute atomic E-state index is 0.0667. The van der Waals surface area contributed by atoms with Gasteiger partial charge >= 0.3 is 6.09 Å². The molecule has 1 aliphatic heterocycles. The summed E-state index contributed by atoms with van der Waals surface area (Å²) in [5.74, 6) is -0.308. The van der Waals surface area contributed by atoms with Crippen molar-refractivity contribution in [2.24, 2.45) is 0 Å². The van der Waals surface area contributed by atoms with Crippen LogP contribution in [0.1, 0.15) is 11.1 Å². The van der Waals surface area contributed by atoms with Crippen molar-refractivity contribution in [1.29, 1.82) is 0 Å². The van der Waals surface area contributed by atoms with E-state index in [4.69, 9.17) is 27.9 Å². The monoisotopic (exact) mass is 363 g/mol. The highest BCUT2D eigenvalue weighted by Crippen LogP contribution is 2.24. The molecule has 0 saturated carbocycles. The highest BCUT2D eigenvalue weighted by molar-refractivity contribution is 6.42. The van der Waals surface area contributed by atoms with Crippen LogP contribution >= 0.6 is 23.2 Å². The summed E-state index contributed by atoms with van der Waals surface area (Å²) in [7, 11) is 0. The van der Waals surface area contributed by atoms with Crippen molar-refractivity contribution in [1.82, 2.24) is 4.90 Å². The van der Waals surface area contributed by atoms with Crippen molar-refractivity contribution in [2.75, 3.05) is 6.61 Å². The predicted molar refractivity (Wildman–Crippen MR) is 92.3 cm³/mol. The third kappa shape index (κ3) is 3.71. The smallest absolute Gasteiger partial charge is 0.416 e. The molecule has 0 N–H and O–H groups in total. The Bertz CT molecular complexity index is 764. The van der Waals surface area contributed by atoms with E-state index in [0.29, 0.717) is 22.0 Å². The van der Waals surface area contributed by atoms with Gasteiger partial charge in [-0.05, 0) is 29.7 Å². The van der Waals surface area contributed by atoms with Gasteiger partial charge < -0.3 is 4.74 Å². The first kappa shape index (κ1) is 16.8. The van der Waals surface area contributed by atoms with E-state index < -0.39 is 6.09 Å². The maximum absolute atomic E-state index is 12.6. The number of carbonyl (C=O) groups is 2. The van der Waals surface area contributed by atoms with E-state index in [-0.39, 0.29) is 25.0 Å². The van der Waals surface area contributed by atoms with Gasteiger partial charge in [0.1, 0.15) is 6.61 Å². The van der Waals surface area contributed by atoms with Crippen LogP contribution in [-0.4, -0.2) is 29.5 Å². The summed E-state index contributed by atoms with van der Waals surface area (Å²) in [6.07, 6.45) is 0.0396. The Morgan fingerprint density at radius 1 is 1.08 bits per heavy atom. The molecule has 2 aromatic rings. The number of rotatable bonds is 4. The number of cyclic esters (lactones) is 1. The average molecular weight is 364 g/mol. The number of benzene rings is 2. The molecule has 124 valence electrons. The highest BCUT2D eigenvalue weighted by Gasteiger charge is 2.37. The van der Waals surface area contributed by atoms with Crippen LogP contribution in [-0.2, 0) is 22.4 Å². The van der Waals surface area contributed by atoms with Crippen molar-refractivity contribution in [3.05, 3.63) is 69.7 Å². The summed E-state index contributed by atoms with van der Waals surface area (Å²) < 4.78 is 5.07. The maximum atomic E-state index is 12.6. The lowest BCUT2D eigenvalue weighted by Crippen LogP contribution is -2.41. The van der Waals surface area contributed by atoms with Gasteiger partial charge in [0.2, 0.25) is 5.91 Å². The molecule has 0 aromatic heterocycles. The molecule has 2 amide bonds. The zero-order chi connectivity index (χ0) is 17.1. The normalized spacial score (nSPS) is 17.0. The number of nitrogens with zero attached hydrogens (tertiary/aromatic N) is 1. The number of amides is 2. The van der Waals surface area contributed by atoms with Crippen LogP contribution in [0.15, 0.2) is 48.5 Å². The second kappa shape index (κ2) is 7.24. The third-order valence-corrected chi connectivity index (χ3v) is 4.62. The van der Waals surface area contributed by atoms with Crippen LogP contribution < -0.4 is 0 Å². The molecule has 4 nitrogen and oxygen atoms in total. The van der Waals surface area contributed by atoms with E-state index in [2.05, 4.69) is 0 Å². The average Bonchev–Trinajstić information content (AvgIpc) is 2.92.